The van der Waals surface area contributed by atoms with Gasteiger partial charge in [-0.3, -0.25) is 4.98 Å². The Morgan fingerprint density at radius 1 is 1.14 bits per heavy atom. The van der Waals surface area contributed by atoms with Gasteiger partial charge in [-0.05, 0) is 65.4 Å². The Labute approximate surface area is 136 Å². The van der Waals surface area contributed by atoms with Crippen LogP contribution in [0, 0.1) is 0 Å². The van der Waals surface area contributed by atoms with Gasteiger partial charge in [0.1, 0.15) is 0 Å². The van der Waals surface area contributed by atoms with E-state index in [9.17, 15) is 0 Å². The zero-order chi connectivity index (χ0) is 14.9. The molecule has 21 heavy (non-hydrogen) atoms. The third-order valence-electron chi connectivity index (χ3n) is 3.63. The quantitative estimate of drug-likeness (QED) is 0.708. The van der Waals surface area contributed by atoms with Gasteiger partial charge >= 0.3 is 0 Å². The molecule has 0 bridgehead atoms. The lowest BCUT2D eigenvalue weighted by Gasteiger charge is -2.18. The SMILES string of the molecule is CCCNCC(CCc1ccc(Br)cn1)c1ccccc1. The van der Waals surface area contributed by atoms with Gasteiger partial charge in [-0.25, -0.2) is 0 Å². The first-order chi connectivity index (χ1) is 10.3. The highest BCUT2D eigenvalue weighted by Gasteiger charge is 2.11. The number of aryl methyl sites for hydroxylation is 1. The lowest BCUT2D eigenvalue weighted by molar-refractivity contribution is 0.546. The molecular formula is C18H23BrN2. The lowest BCUT2D eigenvalue weighted by atomic mass is 9.93. The van der Waals surface area contributed by atoms with Crippen molar-refractivity contribution in [3.63, 3.8) is 0 Å². The molecule has 0 radical (unpaired) electrons. The number of hydrogen-bond acceptors (Lipinski definition) is 2. The van der Waals surface area contributed by atoms with E-state index in [0.29, 0.717) is 5.92 Å². The zero-order valence-corrected chi connectivity index (χ0v) is 14.1. The van der Waals surface area contributed by atoms with E-state index in [1.54, 1.807) is 0 Å². The summed E-state index contributed by atoms with van der Waals surface area (Å²) in [6.45, 7) is 4.32. The fourth-order valence-corrected chi connectivity index (χ4v) is 2.68. The summed E-state index contributed by atoms with van der Waals surface area (Å²) in [5.41, 5.74) is 2.58. The van der Waals surface area contributed by atoms with Crippen LogP contribution in [-0.2, 0) is 6.42 Å². The number of pyridine rings is 1. The number of halogens is 1. The van der Waals surface area contributed by atoms with Crippen LogP contribution in [0.2, 0.25) is 0 Å². The molecule has 1 aromatic carbocycles. The Kier molecular flexibility index (Phi) is 6.90. The van der Waals surface area contributed by atoms with Crippen molar-refractivity contribution in [1.29, 1.82) is 0 Å². The number of aromatic nitrogens is 1. The second-order valence-electron chi connectivity index (χ2n) is 5.32. The normalized spacial score (nSPS) is 12.3. The van der Waals surface area contributed by atoms with Gasteiger partial charge < -0.3 is 5.32 Å². The van der Waals surface area contributed by atoms with Crippen LogP contribution in [0.15, 0.2) is 53.1 Å². The molecule has 1 unspecified atom stereocenters. The molecule has 112 valence electrons. The predicted octanol–water partition coefficient (Wildman–Crippen LogP) is 4.56. The first-order valence-corrected chi connectivity index (χ1v) is 8.45. The predicted molar refractivity (Wildman–Crippen MR) is 92.6 cm³/mol. The molecule has 0 aliphatic rings. The number of rotatable bonds is 8. The Morgan fingerprint density at radius 2 is 1.95 bits per heavy atom. The van der Waals surface area contributed by atoms with Crippen molar-refractivity contribution >= 4 is 15.9 Å². The van der Waals surface area contributed by atoms with Gasteiger partial charge in [-0.15, -0.1) is 0 Å². The average Bonchev–Trinajstić information content (AvgIpc) is 2.53. The van der Waals surface area contributed by atoms with Crippen LogP contribution in [0.3, 0.4) is 0 Å². The maximum Gasteiger partial charge on any atom is 0.0413 e. The summed E-state index contributed by atoms with van der Waals surface area (Å²) in [5.74, 6) is 0.545. The molecule has 0 aliphatic heterocycles. The third kappa shape index (κ3) is 5.60. The van der Waals surface area contributed by atoms with Crippen molar-refractivity contribution < 1.29 is 0 Å². The van der Waals surface area contributed by atoms with Crippen molar-refractivity contribution in [2.45, 2.75) is 32.1 Å². The second kappa shape index (κ2) is 8.96. The fourth-order valence-electron chi connectivity index (χ4n) is 2.44. The van der Waals surface area contributed by atoms with Gasteiger partial charge in [0.2, 0.25) is 0 Å². The molecule has 0 saturated carbocycles. The molecule has 1 aromatic heterocycles. The maximum absolute atomic E-state index is 4.47. The van der Waals surface area contributed by atoms with E-state index < -0.39 is 0 Å². The largest absolute Gasteiger partial charge is 0.316 e. The minimum absolute atomic E-state index is 0.545. The standard InChI is InChI=1S/C18H23BrN2/c1-2-12-20-13-16(15-6-4-3-5-7-15)8-10-18-11-9-17(19)14-21-18/h3-7,9,11,14,16,20H,2,8,10,12-13H2,1H3. The van der Waals surface area contributed by atoms with Crippen LogP contribution < -0.4 is 5.32 Å². The van der Waals surface area contributed by atoms with Crippen LogP contribution in [-0.4, -0.2) is 18.1 Å². The van der Waals surface area contributed by atoms with E-state index in [1.807, 2.05) is 6.20 Å². The minimum Gasteiger partial charge on any atom is -0.316 e. The highest BCUT2D eigenvalue weighted by molar-refractivity contribution is 9.10. The molecular weight excluding hydrogens is 324 g/mol. The molecule has 0 saturated heterocycles. The van der Waals surface area contributed by atoms with Crippen molar-refractivity contribution in [2.24, 2.45) is 0 Å². The van der Waals surface area contributed by atoms with E-state index in [-0.39, 0.29) is 0 Å². The monoisotopic (exact) mass is 346 g/mol. The average molecular weight is 347 g/mol. The van der Waals surface area contributed by atoms with Gasteiger partial charge in [-0.2, -0.15) is 0 Å². The van der Waals surface area contributed by atoms with Gasteiger partial charge in [0.05, 0.1) is 0 Å². The summed E-state index contributed by atoms with van der Waals surface area (Å²) in [7, 11) is 0. The summed E-state index contributed by atoms with van der Waals surface area (Å²) in [4.78, 5) is 4.47. The van der Waals surface area contributed by atoms with Gasteiger partial charge in [0.25, 0.3) is 0 Å². The first-order valence-electron chi connectivity index (χ1n) is 7.65. The van der Waals surface area contributed by atoms with Crippen molar-refractivity contribution in [3.8, 4) is 0 Å². The van der Waals surface area contributed by atoms with Gasteiger partial charge in [0, 0.05) is 22.9 Å². The van der Waals surface area contributed by atoms with Crippen LogP contribution >= 0.6 is 15.9 Å². The zero-order valence-electron chi connectivity index (χ0n) is 12.6. The second-order valence-corrected chi connectivity index (χ2v) is 6.23. The van der Waals surface area contributed by atoms with E-state index in [2.05, 4.69) is 75.6 Å². The van der Waals surface area contributed by atoms with Crippen LogP contribution in [0.25, 0.3) is 0 Å². The molecule has 2 rings (SSSR count). The van der Waals surface area contributed by atoms with Crippen molar-refractivity contribution in [1.82, 2.24) is 10.3 Å². The Balaban J connectivity index is 1.96. The van der Waals surface area contributed by atoms with Crippen LogP contribution in [0.1, 0.15) is 36.9 Å². The Bertz CT molecular complexity index is 511. The van der Waals surface area contributed by atoms with Gasteiger partial charge in [-0.1, -0.05) is 37.3 Å². The molecule has 3 heteroatoms. The minimum atomic E-state index is 0.545. The van der Waals surface area contributed by atoms with E-state index in [0.717, 1.165) is 36.1 Å². The lowest BCUT2D eigenvalue weighted by Crippen LogP contribution is -2.22. The summed E-state index contributed by atoms with van der Waals surface area (Å²) in [5, 5.41) is 3.55. The summed E-state index contributed by atoms with van der Waals surface area (Å²) in [6, 6.07) is 15.0. The Morgan fingerprint density at radius 3 is 2.62 bits per heavy atom. The van der Waals surface area contributed by atoms with Crippen LogP contribution in [0.4, 0.5) is 0 Å². The van der Waals surface area contributed by atoms with E-state index in [4.69, 9.17) is 0 Å². The third-order valence-corrected chi connectivity index (χ3v) is 4.10. The maximum atomic E-state index is 4.47. The smallest absolute Gasteiger partial charge is 0.0413 e. The van der Waals surface area contributed by atoms with Crippen molar-refractivity contribution in [2.75, 3.05) is 13.1 Å². The molecule has 1 N–H and O–H groups in total. The fraction of sp³-hybridized carbons (Fsp3) is 0.389. The van der Waals surface area contributed by atoms with Crippen molar-refractivity contribution in [3.05, 3.63) is 64.4 Å². The molecule has 0 amide bonds. The van der Waals surface area contributed by atoms with Crippen LogP contribution in [0.5, 0.6) is 0 Å². The Hall–Kier alpha value is -1.19. The topological polar surface area (TPSA) is 24.9 Å². The summed E-state index contributed by atoms with van der Waals surface area (Å²) < 4.78 is 1.04. The van der Waals surface area contributed by atoms with E-state index >= 15 is 0 Å². The number of benzene rings is 1. The first kappa shape index (κ1) is 16.2. The molecule has 0 aliphatic carbocycles. The number of nitrogens with one attached hydrogen (secondary N) is 1. The highest BCUT2D eigenvalue weighted by atomic mass is 79.9. The molecule has 2 nitrogen and oxygen atoms in total. The highest BCUT2D eigenvalue weighted by Crippen LogP contribution is 2.21. The molecule has 0 fully saturated rings. The molecule has 1 atom stereocenters. The molecule has 0 spiro atoms. The number of hydrogen-bond donors (Lipinski definition) is 1. The summed E-state index contributed by atoms with van der Waals surface area (Å²) >= 11 is 3.43. The van der Waals surface area contributed by atoms with Gasteiger partial charge in [0.15, 0.2) is 0 Å². The summed E-state index contributed by atoms with van der Waals surface area (Å²) in [6.07, 6.45) is 5.19. The number of nitrogens with zero attached hydrogens (tertiary/aromatic N) is 1. The molecule has 2 aromatic rings. The molecule has 1 heterocycles. The van der Waals surface area contributed by atoms with E-state index in [1.165, 1.54) is 12.0 Å².